The first-order valence-corrected chi connectivity index (χ1v) is 11.0. The highest BCUT2D eigenvalue weighted by Gasteiger charge is 2.21. The van der Waals surface area contributed by atoms with Crippen molar-refractivity contribution in [2.45, 2.75) is 53.5 Å². The molecule has 1 N–H and O–H groups in total. The number of nitrogens with zero attached hydrogens (tertiary/aromatic N) is 1. The molecular formula is C26H29ClN2O2. The Morgan fingerprint density at radius 3 is 2.45 bits per heavy atom. The molecule has 31 heavy (non-hydrogen) atoms. The first-order chi connectivity index (χ1) is 14.8. The number of carbonyl (C=O) groups excluding carboxylic acids is 1. The molecule has 0 saturated heterocycles. The van der Waals surface area contributed by atoms with Crippen LogP contribution in [0.4, 0.5) is 5.69 Å². The third-order valence-electron chi connectivity index (χ3n) is 5.73. The van der Waals surface area contributed by atoms with Crippen LogP contribution in [0, 0.1) is 20.8 Å². The van der Waals surface area contributed by atoms with Crippen molar-refractivity contribution in [2.75, 3.05) is 5.32 Å². The van der Waals surface area contributed by atoms with Crippen LogP contribution in [-0.2, 0) is 13.0 Å². The smallest absolute Gasteiger partial charge is 0.261 e. The molecule has 0 aliphatic carbocycles. The minimum Gasteiger partial charge on any atom is -0.343 e. The first kappa shape index (κ1) is 22.8. The summed E-state index contributed by atoms with van der Waals surface area (Å²) in [7, 11) is 0. The Morgan fingerprint density at radius 1 is 1.06 bits per heavy atom. The van der Waals surface area contributed by atoms with Crippen molar-refractivity contribution in [2.24, 2.45) is 0 Å². The second-order valence-electron chi connectivity index (χ2n) is 7.99. The number of carbonyl (C=O) groups is 1. The lowest BCUT2D eigenvalue weighted by Crippen LogP contribution is -2.29. The number of halogens is 1. The summed E-state index contributed by atoms with van der Waals surface area (Å²) in [5.74, 6) is -0.352. The number of pyridine rings is 1. The van der Waals surface area contributed by atoms with E-state index >= 15 is 0 Å². The van der Waals surface area contributed by atoms with Crippen LogP contribution in [0.5, 0.6) is 0 Å². The van der Waals surface area contributed by atoms with Crippen LogP contribution in [0.3, 0.4) is 0 Å². The summed E-state index contributed by atoms with van der Waals surface area (Å²) in [6, 6.07) is 15.0. The largest absolute Gasteiger partial charge is 0.343 e. The van der Waals surface area contributed by atoms with Gasteiger partial charge in [0.2, 0.25) is 0 Å². The molecule has 5 heteroatoms. The number of nitrogens with one attached hydrogen (secondary N) is 1. The Hall–Kier alpha value is -2.85. The number of benzene rings is 2. The number of rotatable bonds is 7. The minimum absolute atomic E-state index is 0.230. The third-order valence-corrected chi connectivity index (χ3v) is 5.98. The van der Waals surface area contributed by atoms with Crippen molar-refractivity contribution in [3.63, 3.8) is 0 Å². The molecule has 1 aromatic heterocycles. The van der Waals surface area contributed by atoms with Crippen LogP contribution in [0.2, 0.25) is 5.02 Å². The second kappa shape index (κ2) is 9.97. The summed E-state index contributed by atoms with van der Waals surface area (Å²) in [5, 5.41) is 3.65. The fourth-order valence-electron chi connectivity index (χ4n) is 3.74. The van der Waals surface area contributed by atoms with Crippen molar-refractivity contribution >= 4 is 23.2 Å². The van der Waals surface area contributed by atoms with Crippen LogP contribution >= 0.6 is 11.6 Å². The minimum atomic E-state index is -0.352. The third kappa shape index (κ3) is 5.26. The summed E-state index contributed by atoms with van der Waals surface area (Å²) < 4.78 is 2.08. The van der Waals surface area contributed by atoms with Crippen molar-refractivity contribution < 1.29 is 4.79 Å². The quantitative estimate of drug-likeness (QED) is 0.488. The molecule has 0 bridgehead atoms. The van der Waals surface area contributed by atoms with Gasteiger partial charge in [-0.05, 0) is 68.5 Å². The topological polar surface area (TPSA) is 51.1 Å². The molecule has 2 aromatic carbocycles. The molecule has 3 aromatic rings. The first-order valence-electron chi connectivity index (χ1n) is 10.7. The van der Waals surface area contributed by atoms with Gasteiger partial charge in [-0.25, -0.2) is 0 Å². The zero-order valence-electron chi connectivity index (χ0n) is 18.6. The molecule has 4 nitrogen and oxygen atoms in total. The molecule has 0 spiro atoms. The highest BCUT2D eigenvalue weighted by molar-refractivity contribution is 6.30. The molecule has 1 amide bonds. The molecule has 0 aliphatic heterocycles. The van der Waals surface area contributed by atoms with Gasteiger partial charge in [0.05, 0.1) is 0 Å². The number of unbranched alkanes of at least 4 members (excludes halogenated alkanes) is 1. The van der Waals surface area contributed by atoms with Gasteiger partial charge in [0.15, 0.2) is 5.43 Å². The van der Waals surface area contributed by atoms with E-state index in [4.69, 9.17) is 11.6 Å². The SMILES string of the molecule is CCCCc1c(C(=O)Nc2cccc(C)c2C)c(=O)cc(C)n1Cc1ccc(Cl)cc1. The Bertz CT molecular complexity index is 1150. The molecule has 0 atom stereocenters. The van der Waals surface area contributed by atoms with Gasteiger partial charge < -0.3 is 9.88 Å². The van der Waals surface area contributed by atoms with Gasteiger partial charge in [-0.15, -0.1) is 0 Å². The number of aromatic nitrogens is 1. The Kier molecular flexibility index (Phi) is 7.34. The van der Waals surface area contributed by atoms with Gasteiger partial charge in [0.25, 0.3) is 5.91 Å². The Morgan fingerprint density at radius 2 is 1.77 bits per heavy atom. The summed E-state index contributed by atoms with van der Waals surface area (Å²) in [6.45, 7) is 8.57. The maximum atomic E-state index is 13.3. The van der Waals surface area contributed by atoms with Crippen LogP contribution in [0.1, 0.15) is 58.2 Å². The van der Waals surface area contributed by atoms with Crippen molar-refractivity contribution in [1.82, 2.24) is 4.57 Å². The van der Waals surface area contributed by atoms with Crippen LogP contribution in [0.15, 0.2) is 53.3 Å². The van der Waals surface area contributed by atoms with E-state index in [0.717, 1.165) is 46.6 Å². The van der Waals surface area contributed by atoms with Crippen molar-refractivity contribution in [1.29, 1.82) is 0 Å². The fraction of sp³-hybridized carbons (Fsp3) is 0.308. The standard InChI is InChI=1S/C26H29ClN2O2/c1-5-6-10-23-25(26(31)28-22-9-7-8-17(2)19(22)4)24(30)15-18(3)29(23)16-20-11-13-21(27)14-12-20/h7-9,11-15H,5-6,10,16H2,1-4H3,(H,28,31). The van der Waals surface area contributed by atoms with Gasteiger partial charge in [-0.1, -0.05) is 49.2 Å². The Labute approximate surface area is 188 Å². The number of hydrogen-bond acceptors (Lipinski definition) is 2. The number of aryl methyl sites for hydroxylation is 2. The maximum absolute atomic E-state index is 13.3. The van der Waals surface area contributed by atoms with Gasteiger partial charge in [-0.2, -0.15) is 0 Å². The van der Waals surface area contributed by atoms with E-state index in [1.165, 1.54) is 0 Å². The lowest BCUT2D eigenvalue weighted by atomic mass is 10.0. The molecule has 0 saturated carbocycles. The molecular weight excluding hydrogens is 408 g/mol. The monoisotopic (exact) mass is 436 g/mol. The van der Waals surface area contributed by atoms with Gasteiger partial charge >= 0.3 is 0 Å². The van der Waals surface area contributed by atoms with Gasteiger partial charge in [0.1, 0.15) is 5.56 Å². The van der Waals surface area contributed by atoms with E-state index in [2.05, 4.69) is 16.8 Å². The summed E-state index contributed by atoms with van der Waals surface area (Å²) >= 11 is 6.03. The van der Waals surface area contributed by atoms with Crippen molar-refractivity contribution in [3.05, 3.63) is 97.4 Å². The highest BCUT2D eigenvalue weighted by atomic mass is 35.5. The number of amides is 1. The molecule has 0 unspecified atom stereocenters. The van der Waals surface area contributed by atoms with E-state index in [9.17, 15) is 9.59 Å². The zero-order chi connectivity index (χ0) is 22.5. The summed E-state index contributed by atoms with van der Waals surface area (Å²) in [4.78, 5) is 26.3. The maximum Gasteiger partial charge on any atom is 0.261 e. The molecule has 3 rings (SSSR count). The lowest BCUT2D eigenvalue weighted by molar-refractivity contribution is 0.102. The average molecular weight is 437 g/mol. The highest BCUT2D eigenvalue weighted by Crippen LogP contribution is 2.21. The number of hydrogen-bond donors (Lipinski definition) is 1. The van der Waals surface area contributed by atoms with E-state index in [1.807, 2.05) is 63.2 Å². The van der Waals surface area contributed by atoms with Gasteiger partial charge in [-0.3, -0.25) is 9.59 Å². The normalized spacial score (nSPS) is 10.9. The van der Waals surface area contributed by atoms with Crippen LogP contribution < -0.4 is 10.7 Å². The predicted octanol–water partition coefficient (Wildman–Crippen LogP) is 6.07. The number of anilines is 1. The zero-order valence-corrected chi connectivity index (χ0v) is 19.3. The predicted molar refractivity (Wildman–Crippen MR) is 128 cm³/mol. The molecule has 162 valence electrons. The average Bonchev–Trinajstić information content (AvgIpc) is 2.73. The van der Waals surface area contributed by atoms with E-state index in [1.54, 1.807) is 6.07 Å². The molecule has 0 fully saturated rings. The summed E-state index contributed by atoms with van der Waals surface area (Å²) in [5.41, 5.74) is 5.50. The van der Waals surface area contributed by atoms with E-state index in [-0.39, 0.29) is 16.9 Å². The molecule has 1 heterocycles. The van der Waals surface area contributed by atoms with Crippen LogP contribution in [-0.4, -0.2) is 10.5 Å². The summed E-state index contributed by atoms with van der Waals surface area (Å²) in [6.07, 6.45) is 2.53. The van der Waals surface area contributed by atoms with Crippen molar-refractivity contribution in [3.8, 4) is 0 Å². The fourth-order valence-corrected chi connectivity index (χ4v) is 3.87. The second-order valence-corrected chi connectivity index (χ2v) is 8.43. The van der Waals surface area contributed by atoms with E-state index in [0.29, 0.717) is 18.0 Å². The van der Waals surface area contributed by atoms with Gasteiger partial charge in [0, 0.05) is 34.7 Å². The molecule has 0 radical (unpaired) electrons. The Balaban J connectivity index is 2.07. The molecule has 0 aliphatic rings. The van der Waals surface area contributed by atoms with E-state index < -0.39 is 0 Å². The lowest BCUT2D eigenvalue weighted by Gasteiger charge is -2.21. The van der Waals surface area contributed by atoms with Crippen LogP contribution in [0.25, 0.3) is 0 Å².